The van der Waals surface area contributed by atoms with Crippen LogP contribution in [0, 0.1) is 0 Å². The summed E-state index contributed by atoms with van der Waals surface area (Å²) in [7, 11) is 2.19. The summed E-state index contributed by atoms with van der Waals surface area (Å²) in [5, 5.41) is 3.48. The first-order valence-electron chi connectivity index (χ1n) is 6.45. The van der Waals surface area contributed by atoms with Gasteiger partial charge >= 0.3 is 0 Å². The van der Waals surface area contributed by atoms with Crippen molar-refractivity contribution in [2.24, 2.45) is 0 Å². The average Bonchev–Trinajstić information content (AvgIpc) is 3.00. The standard InChI is InChI=1S/C15H14N2S2/c1-17-7-6-10-11(9-18-14(10)8-17)15-16-12-4-2-3-5-13(12)19-15/h2-5,9H,6-8H2,1H3. The summed E-state index contributed by atoms with van der Waals surface area (Å²) in [5.74, 6) is 0. The van der Waals surface area contributed by atoms with Gasteiger partial charge in [0.25, 0.3) is 0 Å². The molecule has 0 bridgehead atoms. The van der Waals surface area contributed by atoms with Crippen molar-refractivity contribution in [1.29, 1.82) is 0 Å². The van der Waals surface area contributed by atoms with Crippen LogP contribution in [-0.4, -0.2) is 23.5 Å². The molecule has 0 radical (unpaired) electrons. The van der Waals surface area contributed by atoms with Gasteiger partial charge in [0.15, 0.2) is 0 Å². The molecule has 0 aliphatic carbocycles. The summed E-state index contributed by atoms with van der Waals surface area (Å²) in [4.78, 5) is 8.70. The van der Waals surface area contributed by atoms with Gasteiger partial charge in [0.1, 0.15) is 5.01 Å². The second-order valence-electron chi connectivity index (χ2n) is 5.03. The fraction of sp³-hybridized carbons (Fsp3) is 0.267. The molecular formula is C15H14N2S2. The number of rotatable bonds is 1. The van der Waals surface area contributed by atoms with E-state index in [9.17, 15) is 0 Å². The van der Waals surface area contributed by atoms with E-state index in [1.807, 2.05) is 22.7 Å². The minimum Gasteiger partial charge on any atom is -0.301 e. The van der Waals surface area contributed by atoms with Crippen LogP contribution in [0.5, 0.6) is 0 Å². The van der Waals surface area contributed by atoms with Crippen molar-refractivity contribution in [3.63, 3.8) is 0 Å². The quantitative estimate of drug-likeness (QED) is 0.672. The maximum absolute atomic E-state index is 4.79. The third-order valence-electron chi connectivity index (χ3n) is 3.66. The molecule has 0 N–H and O–H groups in total. The van der Waals surface area contributed by atoms with Crippen molar-refractivity contribution >= 4 is 32.9 Å². The molecule has 1 aromatic carbocycles. The van der Waals surface area contributed by atoms with Crippen molar-refractivity contribution in [2.45, 2.75) is 13.0 Å². The minimum absolute atomic E-state index is 1.09. The van der Waals surface area contributed by atoms with Gasteiger partial charge < -0.3 is 4.90 Å². The van der Waals surface area contributed by atoms with Crippen LogP contribution < -0.4 is 0 Å². The Morgan fingerprint density at radius 2 is 2.16 bits per heavy atom. The molecule has 1 aliphatic rings. The summed E-state index contributed by atoms with van der Waals surface area (Å²) < 4.78 is 1.28. The first-order chi connectivity index (χ1) is 9.31. The zero-order chi connectivity index (χ0) is 12.8. The molecule has 0 unspecified atom stereocenters. The molecule has 3 heterocycles. The van der Waals surface area contributed by atoms with Crippen LogP contribution in [0.15, 0.2) is 29.6 Å². The van der Waals surface area contributed by atoms with E-state index in [0.717, 1.165) is 25.0 Å². The predicted octanol–water partition coefficient (Wildman–Crippen LogP) is 4.01. The van der Waals surface area contributed by atoms with E-state index >= 15 is 0 Å². The largest absolute Gasteiger partial charge is 0.301 e. The highest BCUT2D eigenvalue weighted by atomic mass is 32.1. The van der Waals surface area contributed by atoms with Crippen molar-refractivity contribution in [3.05, 3.63) is 40.1 Å². The number of likely N-dealkylation sites (N-methyl/N-ethyl adjacent to an activating group) is 1. The number of hydrogen-bond donors (Lipinski definition) is 0. The zero-order valence-corrected chi connectivity index (χ0v) is 12.4. The Kier molecular flexibility index (Phi) is 2.69. The maximum Gasteiger partial charge on any atom is 0.125 e. The van der Waals surface area contributed by atoms with Crippen LogP contribution in [-0.2, 0) is 13.0 Å². The van der Waals surface area contributed by atoms with Gasteiger partial charge in [-0.05, 0) is 31.2 Å². The Morgan fingerprint density at radius 1 is 1.26 bits per heavy atom. The smallest absolute Gasteiger partial charge is 0.125 e. The Morgan fingerprint density at radius 3 is 3.05 bits per heavy atom. The van der Waals surface area contributed by atoms with E-state index in [4.69, 9.17) is 4.98 Å². The fourth-order valence-corrected chi connectivity index (χ4v) is 4.87. The minimum atomic E-state index is 1.09. The van der Waals surface area contributed by atoms with Crippen LogP contribution in [0.2, 0.25) is 0 Å². The van der Waals surface area contributed by atoms with Gasteiger partial charge in [0, 0.05) is 28.9 Å². The Bertz CT molecular complexity index is 709. The molecule has 1 aliphatic heterocycles. The summed E-state index contributed by atoms with van der Waals surface area (Å²) in [6.45, 7) is 2.24. The first-order valence-corrected chi connectivity index (χ1v) is 8.14. The molecule has 0 saturated carbocycles. The number of fused-ring (bicyclic) bond motifs is 2. The molecule has 3 aromatic rings. The molecule has 2 aromatic heterocycles. The number of thiazole rings is 1. The zero-order valence-electron chi connectivity index (χ0n) is 10.7. The Hall–Kier alpha value is -1.23. The predicted molar refractivity (Wildman–Crippen MR) is 83.0 cm³/mol. The highest BCUT2D eigenvalue weighted by molar-refractivity contribution is 7.22. The number of para-hydroxylation sites is 1. The molecular weight excluding hydrogens is 272 g/mol. The molecule has 0 saturated heterocycles. The van der Waals surface area contributed by atoms with Crippen LogP contribution in [0.3, 0.4) is 0 Å². The number of hydrogen-bond acceptors (Lipinski definition) is 4. The normalized spacial score (nSPS) is 15.8. The monoisotopic (exact) mass is 286 g/mol. The molecule has 4 rings (SSSR count). The highest BCUT2D eigenvalue weighted by Gasteiger charge is 2.20. The third-order valence-corrected chi connectivity index (χ3v) is 5.75. The van der Waals surface area contributed by atoms with E-state index in [1.54, 1.807) is 0 Å². The number of thiophene rings is 1. The van der Waals surface area contributed by atoms with E-state index in [1.165, 1.54) is 25.7 Å². The highest BCUT2D eigenvalue weighted by Crippen LogP contribution is 2.38. The van der Waals surface area contributed by atoms with Crippen molar-refractivity contribution in [2.75, 3.05) is 13.6 Å². The van der Waals surface area contributed by atoms with Gasteiger partial charge in [0.2, 0.25) is 0 Å². The molecule has 0 spiro atoms. The van der Waals surface area contributed by atoms with Gasteiger partial charge in [-0.3, -0.25) is 0 Å². The summed E-state index contributed by atoms with van der Waals surface area (Å²) in [6, 6.07) is 8.40. The lowest BCUT2D eigenvalue weighted by Crippen LogP contribution is -2.25. The summed E-state index contributed by atoms with van der Waals surface area (Å²) in [5.41, 5.74) is 4.02. The molecule has 19 heavy (non-hydrogen) atoms. The summed E-state index contributed by atoms with van der Waals surface area (Å²) in [6.07, 6.45) is 1.15. The number of aromatic nitrogens is 1. The molecule has 4 heteroatoms. The lowest BCUT2D eigenvalue weighted by Gasteiger charge is -2.22. The molecule has 0 amide bonds. The molecule has 96 valence electrons. The SMILES string of the molecule is CN1CCc2c(-c3nc4ccccc4s3)csc2C1. The maximum atomic E-state index is 4.79. The molecule has 2 nitrogen and oxygen atoms in total. The van der Waals surface area contributed by atoms with Gasteiger partial charge in [-0.15, -0.1) is 22.7 Å². The van der Waals surface area contributed by atoms with E-state index in [-0.39, 0.29) is 0 Å². The number of nitrogens with zero attached hydrogens (tertiary/aromatic N) is 2. The van der Waals surface area contributed by atoms with Gasteiger partial charge in [-0.1, -0.05) is 12.1 Å². The average molecular weight is 286 g/mol. The van der Waals surface area contributed by atoms with Crippen LogP contribution in [0.25, 0.3) is 20.8 Å². The fourth-order valence-electron chi connectivity index (χ4n) is 2.62. The number of benzene rings is 1. The van der Waals surface area contributed by atoms with Crippen LogP contribution in [0.4, 0.5) is 0 Å². The third kappa shape index (κ3) is 1.91. The van der Waals surface area contributed by atoms with Gasteiger partial charge in [0.05, 0.1) is 10.2 Å². The lowest BCUT2D eigenvalue weighted by molar-refractivity contribution is 0.317. The van der Waals surface area contributed by atoms with E-state index in [0.29, 0.717) is 0 Å². The van der Waals surface area contributed by atoms with Crippen molar-refractivity contribution in [1.82, 2.24) is 9.88 Å². The Balaban J connectivity index is 1.84. The van der Waals surface area contributed by atoms with E-state index < -0.39 is 0 Å². The first kappa shape index (κ1) is 11.6. The lowest BCUT2D eigenvalue weighted by atomic mass is 10.0. The van der Waals surface area contributed by atoms with Crippen molar-refractivity contribution in [3.8, 4) is 10.6 Å². The molecule has 0 atom stereocenters. The second kappa shape index (κ2) is 4.40. The van der Waals surface area contributed by atoms with Gasteiger partial charge in [-0.25, -0.2) is 4.98 Å². The second-order valence-corrected chi connectivity index (χ2v) is 7.02. The summed E-state index contributed by atoms with van der Waals surface area (Å²) >= 11 is 3.70. The molecule has 0 fully saturated rings. The Labute approximate surface area is 120 Å². The van der Waals surface area contributed by atoms with Crippen LogP contribution >= 0.6 is 22.7 Å². The topological polar surface area (TPSA) is 16.1 Å². The van der Waals surface area contributed by atoms with Gasteiger partial charge in [-0.2, -0.15) is 0 Å². The van der Waals surface area contributed by atoms with E-state index in [2.05, 4.69) is 41.6 Å². The van der Waals surface area contributed by atoms with Crippen molar-refractivity contribution < 1.29 is 0 Å². The van der Waals surface area contributed by atoms with Crippen LogP contribution in [0.1, 0.15) is 10.4 Å².